The fourth-order valence-electron chi connectivity index (χ4n) is 6.32. The standard InChI is InChI=1S/C29H52N8O2/c30-26-21-27(37-19-17-36(18-20-37)16-5-4-9-28(38)39)35-29(34-26)33-25-12-10-23(11-13-25)22-31-14-6-15-32-24-7-2-1-3-8-24/h21,23-25,31-32H,1-20,22H2,(H,38,39)(H3,30,33,34,35). The average Bonchev–Trinajstić information content (AvgIpc) is 2.94. The lowest BCUT2D eigenvalue weighted by Crippen LogP contribution is -2.47. The number of carboxylic acid groups (broad SMARTS) is 1. The summed E-state index contributed by atoms with van der Waals surface area (Å²) < 4.78 is 0. The van der Waals surface area contributed by atoms with Crippen LogP contribution in [0.4, 0.5) is 17.6 Å². The van der Waals surface area contributed by atoms with Crippen molar-refractivity contribution in [1.29, 1.82) is 0 Å². The number of hydrogen-bond donors (Lipinski definition) is 5. The molecule has 2 saturated carbocycles. The minimum atomic E-state index is -0.709. The Morgan fingerprint density at radius 1 is 0.923 bits per heavy atom. The highest BCUT2D eigenvalue weighted by Gasteiger charge is 2.23. The molecule has 0 bridgehead atoms. The fraction of sp³-hybridized carbons (Fsp3) is 0.828. The molecule has 3 fully saturated rings. The van der Waals surface area contributed by atoms with Crippen LogP contribution in [0.3, 0.4) is 0 Å². The summed E-state index contributed by atoms with van der Waals surface area (Å²) in [6.07, 6.45) is 14.8. The molecule has 4 rings (SSSR count). The number of aromatic nitrogens is 2. The maximum atomic E-state index is 10.7. The predicted octanol–water partition coefficient (Wildman–Crippen LogP) is 3.31. The highest BCUT2D eigenvalue weighted by atomic mass is 16.4. The predicted molar refractivity (Wildman–Crippen MR) is 158 cm³/mol. The first-order valence-electron chi connectivity index (χ1n) is 15.6. The van der Waals surface area contributed by atoms with Crippen LogP contribution in [0.15, 0.2) is 6.07 Å². The number of piperazine rings is 1. The summed E-state index contributed by atoms with van der Waals surface area (Å²) >= 11 is 0. The second-order valence-corrected chi connectivity index (χ2v) is 11.9. The van der Waals surface area contributed by atoms with Crippen LogP contribution in [0.1, 0.15) is 83.5 Å². The molecule has 1 aromatic rings. The number of rotatable bonds is 15. The summed E-state index contributed by atoms with van der Waals surface area (Å²) in [6.45, 7) is 8.02. The van der Waals surface area contributed by atoms with E-state index in [4.69, 9.17) is 15.8 Å². The summed E-state index contributed by atoms with van der Waals surface area (Å²) in [4.78, 5) is 24.7. The lowest BCUT2D eigenvalue weighted by Gasteiger charge is -2.35. The summed E-state index contributed by atoms with van der Waals surface area (Å²) in [5.41, 5.74) is 6.17. The number of carboxylic acids is 1. The zero-order chi connectivity index (χ0) is 27.3. The quantitative estimate of drug-likeness (QED) is 0.210. The van der Waals surface area contributed by atoms with Crippen molar-refractivity contribution in [2.24, 2.45) is 5.92 Å². The van der Waals surface area contributed by atoms with Crippen molar-refractivity contribution < 1.29 is 9.90 Å². The minimum Gasteiger partial charge on any atom is -0.481 e. The van der Waals surface area contributed by atoms with Crippen molar-refractivity contribution in [3.05, 3.63) is 6.07 Å². The van der Waals surface area contributed by atoms with Crippen LogP contribution in [0, 0.1) is 5.92 Å². The molecule has 0 aromatic carbocycles. The molecule has 0 spiro atoms. The van der Waals surface area contributed by atoms with Gasteiger partial charge in [0.15, 0.2) is 0 Å². The summed E-state index contributed by atoms with van der Waals surface area (Å²) in [5.74, 6) is 2.10. The van der Waals surface area contributed by atoms with Gasteiger partial charge in [0.25, 0.3) is 0 Å². The number of hydrogen-bond acceptors (Lipinski definition) is 9. The molecular formula is C29H52N8O2. The molecular weight excluding hydrogens is 492 g/mol. The van der Waals surface area contributed by atoms with Crippen molar-refractivity contribution in [3.8, 4) is 0 Å². The van der Waals surface area contributed by atoms with Gasteiger partial charge >= 0.3 is 5.97 Å². The Morgan fingerprint density at radius 3 is 2.44 bits per heavy atom. The summed E-state index contributed by atoms with van der Waals surface area (Å²) in [6, 6.07) is 3.04. The first-order chi connectivity index (χ1) is 19.0. The third kappa shape index (κ3) is 10.7. The van der Waals surface area contributed by atoms with Gasteiger partial charge in [0, 0.05) is 50.7 Å². The Balaban J connectivity index is 1.10. The Hall–Kier alpha value is -2.17. The van der Waals surface area contributed by atoms with E-state index in [-0.39, 0.29) is 6.42 Å². The number of aliphatic carboxylic acids is 1. The lowest BCUT2D eigenvalue weighted by molar-refractivity contribution is -0.137. The van der Waals surface area contributed by atoms with E-state index in [9.17, 15) is 4.79 Å². The van der Waals surface area contributed by atoms with Crippen molar-refractivity contribution in [3.63, 3.8) is 0 Å². The van der Waals surface area contributed by atoms with Gasteiger partial charge in [-0.05, 0) is 89.9 Å². The van der Waals surface area contributed by atoms with Crippen LogP contribution in [-0.4, -0.2) is 90.4 Å². The molecule has 2 heterocycles. The average molecular weight is 545 g/mol. The summed E-state index contributed by atoms with van der Waals surface area (Å²) in [5, 5.41) is 19.8. The van der Waals surface area contributed by atoms with Crippen molar-refractivity contribution >= 4 is 23.6 Å². The van der Waals surface area contributed by atoms with E-state index >= 15 is 0 Å². The highest BCUT2D eigenvalue weighted by Crippen LogP contribution is 2.27. The molecule has 10 nitrogen and oxygen atoms in total. The van der Waals surface area contributed by atoms with Crippen molar-refractivity contribution in [2.75, 3.05) is 68.3 Å². The zero-order valence-electron chi connectivity index (χ0n) is 23.9. The van der Waals surface area contributed by atoms with Crippen molar-refractivity contribution in [1.82, 2.24) is 25.5 Å². The van der Waals surface area contributed by atoms with Gasteiger partial charge in [-0.3, -0.25) is 9.69 Å². The van der Waals surface area contributed by atoms with E-state index in [0.717, 1.165) is 95.8 Å². The van der Waals surface area contributed by atoms with Crippen LogP contribution in [-0.2, 0) is 4.79 Å². The normalized spacial score (nSPS) is 23.1. The van der Waals surface area contributed by atoms with Gasteiger partial charge in [-0.25, -0.2) is 0 Å². The van der Waals surface area contributed by atoms with Gasteiger partial charge in [0.05, 0.1) is 0 Å². The maximum Gasteiger partial charge on any atom is 0.303 e. The van der Waals surface area contributed by atoms with Crippen molar-refractivity contribution in [2.45, 2.75) is 95.6 Å². The Labute approximate surface area is 234 Å². The number of nitrogens with one attached hydrogen (secondary N) is 3. The first-order valence-corrected chi connectivity index (χ1v) is 15.6. The molecule has 0 amide bonds. The van der Waals surface area contributed by atoms with E-state index in [1.54, 1.807) is 0 Å². The van der Waals surface area contributed by atoms with Crippen LogP contribution in [0.25, 0.3) is 0 Å². The van der Waals surface area contributed by atoms with Crippen LogP contribution < -0.4 is 26.6 Å². The lowest BCUT2D eigenvalue weighted by atomic mass is 9.86. The van der Waals surface area contributed by atoms with Gasteiger partial charge in [-0.1, -0.05) is 19.3 Å². The number of anilines is 3. The van der Waals surface area contributed by atoms with Gasteiger partial charge in [0.2, 0.25) is 5.95 Å². The number of nitrogens with zero attached hydrogens (tertiary/aromatic N) is 4. The maximum absolute atomic E-state index is 10.7. The molecule has 0 atom stereocenters. The van der Waals surface area contributed by atoms with E-state index in [2.05, 4.69) is 30.7 Å². The second-order valence-electron chi connectivity index (χ2n) is 11.9. The largest absolute Gasteiger partial charge is 0.481 e. The van der Waals surface area contributed by atoms with Crippen LogP contribution in [0.2, 0.25) is 0 Å². The summed E-state index contributed by atoms with van der Waals surface area (Å²) in [7, 11) is 0. The Morgan fingerprint density at radius 2 is 1.69 bits per heavy atom. The van der Waals surface area contributed by atoms with E-state index < -0.39 is 5.97 Å². The van der Waals surface area contributed by atoms with Crippen LogP contribution >= 0.6 is 0 Å². The molecule has 1 aliphatic heterocycles. The molecule has 0 radical (unpaired) electrons. The Bertz CT molecular complexity index is 850. The first kappa shape index (κ1) is 29.8. The number of carbonyl (C=O) groups is 1. The smallest absolute Gasteiger partial charge is 0.303 e. The van der Waals surface area contributed by atoms with E-state index in [1.807, 2.05) is 6.07 Å². The number of nitrogen functional groups attached to an aromatic ring is 1. The van der Waals surface area contributed by atoms with E-state index in [1.165, 1.54) is 51.4 Å². The van der Waals surface area contributed by atoms with Gasteiger partial charge in [0.1, 0.15) is 11.6 Å². The molecule has 3 aliphatic rings. The second kappa shape index (κ2) is 16.2. The molecule has 2 aliphatic carbocycles. The van der Waals surface area contributed by atoms with Gasteiger partial charge < -0.3 is 31.7 Å². The highest BCUT2D eigenvalue weighted by molar-refractivity contribution is 5.66. The minimum absolute atomic E-state index is 0.257. The van der Waals surface area contributed by atoms with Gasteiger partial charge in [-0.2, -0.15) is 9.97 Å². The third-order valence-electron chi connectivity index (χ3n) is 8.73. The molecule has 10 heteroatoms. The Kier molecular flexibility index (Phi) is 12.4. The SMILES string of the molecule is Nc1cc(N2CCN(CCCCC(=O)O)CC2)nc(NC2CCC(CNCCCNC3CCCCC3)CC2)n1. The monoisotopic (exact) mass is 544 g/mol. The molecule has 39 heavy (non-hydrogen) atoms. The number of nitrogens with two attached hydrogens (primary N) is 1. The molecule has 220 valence electrons. The van der Waals surface area contributed by atoms with E-state index in [0.29, 0.717) is 17.8 Å². The topological polar surface area (TPSA) is 132 Å². The van der Waals surface area contributed by atoms with Crippen LogP contribution in [0.5, 0.6) is 0 Å². The molecule has 6 N–H and O–H groups in total. The molecule has 1 saturated heterocycles. The molecule has 1 aromatic heterocycles. The molecule has 0 unspecified atom stereocenters. The third-order valence-corrected chi connectivity index (χ3v) is 8.73. The fourth-order valence-corrected chi connectivity index (χ4v) is 6.32. The zero-order valence-corrected chi connectivity index (χ0v) is 23.9. The van der Waals surface area contributed by atoms with Gasteiger partial charge in [-0.15, -0.1) is 0 Å². The number of unbranched alkanes of at least 4 members (excludes halogenated alkanes) is 1.